The van der Waals surface area contributed by atoms with Gasteiger partial charge in [-0.15, -0.1) is 0 Å². The molecular formula is C14H15N3O. The molecule has 92 valence electrons. The number of fused-ring (bicyclic) bond motifs is 1. The third-order valence-corrected chi connectivity index (χ3v) is 3.02. The predicted molar refractivity (Wildman–Crippen MR) is 70.1 cm³/mol. The summed E-state index contributed by atoms with van der Waals surface area (Å²) in [5.74, 6) is 0.819. The van der Waals surface area contributed by atoms with E-state index in [1.165, 1.54) is 0 Å². The second kappa shape index (κ2) is 4.31. The van der Waals surface area contributed by atoms with Crippen molar-refractivity contribution >= 4 is 11.0 Å². The number of nitrogens with two attached hydrogens (primary N) is 1. The standard InChI is InChI=1S/C14H15N3O/c1-17-9-10(8-16-17)6-12(15)14-7-11-4-2-3-5-13(11)18-14/h2-5,7-9,12H,6,15H2,1H3. The van der Waals surface area contributed by atoms with E-state index >= 15 is 0 Å². The van der Waals surface area contributed by atoms with Crippen molar-refractivity contribution < 1.29 is 4.42 Å². The summed E-state index contributed by atoms with van der Waals surface area (Å²) in [5.41, 5.74) is 8.17. The molecule has 0 aliphatic carbocycles. The third kappa shape index (κ3) is 2.02. The Bertz CT molecular complexity index is 635. The van der Waals surface area contributed by atoms with E-state index in [1.807, 2.05) is 49.8 Å². The van der Waals surface area contributed by atoms with E-state index in [1.54, 1.807) is 4.68 Å². The van der Waals surface area contributed by atoms with Crippen LogP contribution in [0.25, 0.3) is 11.0 Å². The van der Waals surface area contributed by atoms with Crippen molar-refractivity contribution in [2.24, 2.45) is 12.8 Å². The summed E-state index contributed by atoms with van der Waals surface area (Å²) in [6.45, 7) is 0. The summed E-state index contributed by atoms with van der Waals surface area (Å²) in [5, 5.41) is 5.23. The molecule has 0 spiro atoms. The minimum absolute atomic E-state index is 0.137. The second-order valence-electron chi connectivity index (χ2n) is 4.52. The molecule has 0 aliphatic rings. The highest BCUT2D eigenvalue weighted by molar-refractivity contribution is 5.77. The normalized spacial score (nSPS) is 13.0. The summed E-state index contributed by atoms with van der Waals surface area (Å²) in [6.07, 6.45) is 4.54. The second-order valence-corrected chi connectivity index (χ2v) is 4.52. The van der Waals surface area contributed by atoms with Gasteiger partial charge >= 0.3 is 0 Å². The molecule has 1 atom stereocenters. The van der Waals surface area contributed by atoms with Gasteiger partial charge in [-0.1, -0.05) is 18.2 Å². The van der Waals surface area contributed by atoms with E-state index in [0.29, 0.717) is 0 Å². The first-order valence-corrected chi connectivity index (χ1v) is 5.94. The van der Waals surface area contributed by atoms with Crippen LogP contribution in [0.5, 0.6) is 0 Å². The molecular weight excluding hydrogens is 226 g/mol. The number of para-hydroxylation sites is 1. The molecule has 2 aromatic heterocycles. The lowest BCUT2D eigenvalue weighted by Crippen LogP contribution is -2.12. The third-order valence-electron chi connectivity index (χ3n) is 3.02. The van der Waals surface area contributed by atoms with Crippen molar-refractivity contribution in [2.45, 2.75) is 12.5 Å². The van der Waals surface area contributed by atoms with Crippen LogP contribution in [-0.2, 0) is 13.5 Å². The van der Waals surface area contributed by atoms with Gasteiger partial charge < -0.3 is 10.2 Å². The Hall–Kier alpha value is -2.07. The van der Waals surface area contributed by atoms with Gasteiger partial charge in [0.2, 0.25) is 0 Å². The van der Waals surface area contributed by atoms with Crippen LogP contribution >= 0.6 is 0 Å². The molecule has 2 heterocycles. The van der Waals surface area contributed by atoms with Gasteiger partial charge in [0, 0.05) is 18.6 Å². The lowest BCUT2D eigenvalue weighted by molar-refractivity contribution is 0.494. The van der Waals surface area contributed by atoms with Crippen molar-refractivity contribution in [1.82, 2.24) is 9.78 Å². The molecule has 2 N–H and O–H groups in total. The average molecular weight is 241 g/mol. The van der Waals surface area contributed by atoms with Crippen molar-refractivity contribution in [2.75, 3.05) is 0 Å². The lowest BCUT2D eigenvalue weighted by atomic mass is 10.1. The number of benzene rings is 1. The SMILES string of the molecule is Cn1cc(CC(N)c2cc3ccccc3o2)cn1. The van der Waals surface area contributed by atoms with Gasteiger partial charge in [-0.05, 0) is 24.1 Å². The molecule has 0 saturated carbocycles. The zero-order chi connectivity index (χ0) is 12.5. The smallest absolute Gasteiger partial charge is 0.134 e. The highest BCUT2D eigenvalue weighted by Gasteiger charge is 2.13. The predicted octanol–water partition coefficient (Wildman–Crippen LogP) is 2.41. The average Bonchev–Trinajstić information content (AvgIpc) is 2.95. The van der Waals surface area contributed by atoms with Crippen molar-refractivity contribution in [3.05, 3.63) is 54.0 Å². The molecule has 1 unspecified atom stereocenters. The van der Waals surface area contributed by atoms with E-state index in [-0.39, 0.29) is 6.04 Å². The maximum Gasteiger partial charge on any atom is 0.134 e. The molecule has 3 rings (SSSR count). The molecule has 3 aromatic rings. The topological polar surface area (TPSA) is 57.0 Å². The first-order chi connectivity index (χ1) is 8.72. The van der Waals surface area contributed by atoms with E-state index in [9.17, 15) is 0 Å². The Labute approximate surface area is 105 Å². The van der Waals surface area contributed by atoms with Crippen LogP contribution in [0.4, 0.5) is 0 Å². The van der Waals surface area contributed by atoms with E-state index < -0.39 is 0 Å². The number of aryl methyl sites for hydroxylation is 1. The highest BCUT2D eigenvalue weighted by atomic mass is 16.3. The lowest BCUT2D eigenvalue weighted by Gasteiger charge is -2.05. The van der Waals surface area contributed by atoms with Crippen LogP contribution in [0.1, 0.15) is 17.4 Å². The quantitative estimate of drug-likeness (QED) is 0.766. The van der Waals surface area contributed by atoms with Gasteiger partial charge in [0.1, 0.15) is 11.3 Å². The van der Waals surface area contributed by atoms with Crippen LogP contribution in [0.15, 0.2) is 47.1 Å². The van der Waals surface area contributed by atoms with Crippen LogP contribution in [0, 0.1) is 0 Å². The number of furan rings is 1. The van der Waals surface area contributed by atoms with Gasteiger partial charge in [-0.25, -0.2) is 0 Å². The Morgan fingerprint density at radius 3 is 2.94 bits per heavy atom. The minimum Gasteiger partial charge on any atom is -0.459 e. The summed E-state index contributed by atoms with van der Waals surface area (Å²) in [6, 6.07) is 9.81. The summed E-state index contributed by atoms with van der Waals surface area (Å²) >= 11 is 0. The van der Waals surface area contributed by atoms with Crippen LogP contribution < -0.4 is 5.73 Å². The van der Waals surface area contributed by atoms with Crippen molar-refractivity contribution in [3.8, 4) is 0 Å². The van der Waals surface area contributed by atoms with E-state index in [0.717, 1.165) is 28.7 Å². The first-order valence-electron chi connectivity index (χ1n) is 5.94. The van der Waals surface area contributed by atoms with E-state index in [4.69, 9.17) is 10.2 Å². The van der Waals surface area contributed by atoms with E-state index in [2.05, 4.69) is 5.10 Å². The van der Waals surface area contributed by atoms with Gasteiger partial charge in [-0.3, -0.25) is 4.68 Å². The zero-order valence-electron chi connectivity index (χ0n) is 10.2. The van der Waals surface area contributed by atoms with Crippen LogP contribution in [0.2, 0.25) is 0 Å². The Kier molecular flexibility index (Phi) is 2.64. The molecule has 4 heteroatoms. The molecule has 0 aliphatic heterocycles. The zero-order valence-corrected chi connectivity index (χ0v) is 10.2. The molecule has 4 nitrogen and oxygen atoms in total. The highest BCUT2D eigenvalue weighted by Crippen LogP contribution is 2.24. The first kappa shape index (κ1) is 11.0. The van der Waals surface area contributed by atoms with Crippen molar-refractivity contribution in [3.63, 3.8) is 0 Å². The van der Waals surface area contributed by atoms with Gasteiger partial charge in [0.15, 0.2) is 0 Å². The maximum atomic E-state index is 6.17. The molecule has 1 aromatic carbocycles. The van der Waals surface area contributed by atoms with Crippen molar-refractivity contribution in [1.29, 1.82) is 0 Å². The van der Waals surface area contributed by atoms with Crippen LogP contribution in [0.3, 0.4) is 0 Å². The van der Waals surface area contributed by atoms with Gasteiger partial charge in [0.25, 0.3) is 0 Å². The fourth-order valence-corrected chi connectivity index (χ4v) is 2.12. The molecule has 0 fully saturated rings. The fourth-order valence-electron chi connectivity index (χ4n) is 2.12. The summed E-state index contributed by atoms with van der Waals surface area (Å²) in [7, 11) is 1.90. The Morgan fingerprint density at radius 2 is 2.22 bits per heavy atom. The Morgan fingerprint density at radius 1 is 1.39 bits per heavy atom. The largest absolute Gasteiger partial charge is 0.459 e. The number of hydrogen-bond donors (Lipinski definition) is 1. The molecule has 0 amide bonds. The number of aromatic nitrogens is 2. The molecule has 0 radical (unpaired) electrons. The Balaban J connectivity index is 1.85. The molecule has 0 saturated heterocycles. The number of hydrogen-bond acceptors (Lipinski definition) is 3. The molecule has 18 heavy (non-hydrogen) atoms. The number of nitrogens with zero attached hydrogens (tertiary/aromatic N) is 2. The van der Waals surface area contributed by atoms with Gasteiger partial charge in [-0.2, -0.15) is 5.10 Å². The minimum atomic E-state index is -0.137. The van der Waals surface area contributed by atoms with Crippen LogP contribution in [-0.4, -0.2) is 9.78 Å². The fraction of sp³-hybridized carbons (Fsp3) is 0.214. The number of rotatable bonds is 3. The maximum absolute atomic E-state index is 6.17. The summed E-state index contributed by atoms with van der Waals surface area (Å²) < 4.78 is 7.54. The monoisotopic (exact) mass is 241 g/mol. The van der Waals surface area contributed by atoms with Gasteiger partial charge in [0.05, 0.1) is 12.2 Å². The molecule has 0 bridgehead atoms. The summed E-state index contributed by atoms with van der Waals surface area (Å²) in [4.78, 5) is 0.